The molecule has 1 aromatic heterocycles. The molecule has 0 unspecified atom stereocenters. The van der Waals surface area contributed by atoms with Crippen molar-refractivity contribution < 1.29 is 4.74 Å². The Bertz CT molecular complexity index is 772. The zero-order chi connectivity index (χ0) is 15.5. The molecule has 2 aromatic rings. The Hall–Kier alpha value is -2.30. The number of ether oxygens (including phenoxy) is 1. The van der Waals surface area contributed by atoms with Crippen molar-refractivity contribution in [2.24, 2.45) is 5.92 Å². The molecule has 0 saturated heterocycles. The first-order chi connectivity index (χ1) is 10.7. The van der Waals surface area contributed by atoms with E-state index in [4.69, 9.17) is 4.74 Å². The number of hydrogen-bond acceptors (Lipinski definition) is 3. The molecule has 5 heteroatoms. The fourth-order valence-electron chi connectivity index (χ4n) is 2.73. The lowest BCUT2D eigenvalue weighted by Gasteiger charge is -2.25. The van der Waals surface area contributed by atoms with Crippen LogP contribution in [0.15, 0.2) is 46.2 Å². The first kappa shape index (κ1) is 14.6. The van der Waals surface area contributed by atoms with Gasteiger partial charge in [0.25, 0.3) is 0 Å². The Balaban J connectivity index is 2.00. The summed E-state index contributed by atoms with van der Waals surface area (Å²) in [6.45, 7) is 3.03. The molecule has 1 aliphatic rings. The maximum Gasteiger partial charge on any atom is 0.321 e. The quantitative estimate of drug-likeness (QED) is 0.795. The second-order valence-corrected chi connectivity index (χ2v) is 5.63. The molecule has 0 bridgehead atoms. The molecule has 0 radical (unpaired) electrons. The second kappa shape index (κ2) is 6.22. The summed E-state index contributed by atoms with van der Waals surface area (Å²) in [7, 11) is 0. The van der Waals surface area contributed by atoms with Crippen LogP contribution in [0.2, 0.25) is 0 Å². The minimum absolute atomic E-state index is 0.472. The van der Waals surface area contributed by atoms with E-state index in [1.54, 1.807) is 24.5 Å². The third-order valence-corrected chi connectivity index (χ3v) is 4.16. The molecule has 1 fully saturated rings. The number of hydrogen-bond donors (Lipinski definition) is 0. The molecular weight excluding hydrogens is 280 g/mol. The summed E-state index contributed by atoms with van der Waals surface area (Å²) in [5.41, 5.74) is -0.406. The average molecular weight is 300 g/mol. The highest BCUT2D eigenvalue weighted by Crippen LogP contribution is 2.27. The van der Waals surface area contributed by atoms with Gasteiger partial charge in [-0.05, 0) is 37.8 Å². The smallest absolute Gasteiger partial charge is 0.321 e. The van der Waals surface area contributed by atoms with Gasteiger partial charge in [0.15, 0.2) is 0 Å². The van der Waals surface area contributed by atoms with E-state index in [-0.39, 0.29) is 0 Å². The zero-order valence-electron chi connectivity index (χ0n) is 12.7. The monoisotopic (exact) mass is 300 g/mol. The molecular formula is C17H20N2O3. The van der Waals surface area contributed by atoms with Crippen LogP contribution in [-0.4, -0.2) is 15.7 Å². The number of aromatic nitrogens is 2. The summed E-state index contributed by atoms with van der Waals surface area (Å²) in [4.78, 5) is 24.7. The number of benzene rings is 1. The Kier molecular flexibility index (Phi) is 4.13. The van der Waals surface area contributed by atoms with E-state index in [9.17, 15) is 9.59 Å². The van der Waals surface area contributed by atoms with Crippen molar-refractivity contribution in [3.8, 4) is 11.4 Å². The van der Waals surface area contributed by atoms with Gasteiger partial charge in [-0.2, -0.15) is 0 Å². The largest absolute Gasteiger partial charge is 0.492 e. The van der Waals surface area contributed by atoms with Crippen molar-refractivity contribution >= 4 is 0 Å². The zero-order valence-corrected chi connectivity index (χ0v) is 12.7. The lowest BCUT2D eigenvalue weighted by Crippen LogP contribution is -2.41. The van der Waals surface area contributed by atoms with Crippen LogP contribution in [0, 0.1) is 5.92 Å². The van der Waals surface area contributed by atoms with Gasteiger partial charge < -0.3 is 9.30 Å². The van der Waals surface area contributed by atoms with E-state index >= 15 is 0 Å². The number of rotatable bonds is 5. The van der Waals surface area contributed by atoms with Gasteiger partial charge in [-0.3, -0.25) is 14.2 Å². The van der Waals surface area contributed by atoms with Gasteiger partial charge in [0.05, 0.1) is 12.3 Å². The Morgan fingerprint density at radius 3 is 2.59 bits per heavy atom. The third kappa shape index (κ3) is 2.71. The molecule has 116 valence electrons. The summed E-state index contributed by atoms with van der Waals surface area (Å²) >= 11 is 0. The van der Waals surface area contributed by atoms with Crippen LogP contribution in [-0.2, 0) is 6.54 Å². The van der Waals surface area contributed by atoms with Gasteiger partial charge in [0, 0.05) is 18.9 Å². The average Bonchev–Trinajstić information content (AvgIpc) is 2.48. The van der Waals surface area contributed by atoms with E-state index in [0.717, 1.165) is 12.8 Å². The van der Waals surface area contributed by atoms with Crippen LogP contribution in [0.3, 0.4) is 0 Å². The molecule has 1 aliphatic carbocycles. The van der Waals surface area contributed by atoms with E-state index < -0.39 is 11.1 Å². The molecule has 0 amide bonds. The van der Waals surface area contributed by atoms with Crippen molar-refractivity contribution in [1.29, 1.82) is 0 Å². The molecule has 1 heterocycles. The minimum Gasteiger partial charge on any atom is -0.492 e. The highest BCUT2D eigenvalue weighted by atomic mass is 16.5. The maximum absolute atomic E-state index is 12.4. The van der Waals surface area contributed by atoms with Crippen molar-refractivity contribution in [2.75, 3.05) is 6.61 Å². The van der Waals surface area contributed by atoms with Crippen molar-refractivity contribution in [2.45, 2.75) is 32.7 Å². The van der Waals surface area contributed by atoms with Gasteiger partial charge in [-0.1, -0.05) is 18.6 Å². The summed E-state index contributed by atoms with van der Waals surface area (Å²) < 4.78 is 8.44. The van der Waals surface area contributed by atoms with Crippen LogP contribution in [0.25, 0.3) is 5.69 Å². The maximum atomic E-state index is 12.4. The second-order valence-electron chi connectivity index (χ2n) is 5.63. The van der Waals surface area contributed by atoms with E-state index in [2.05, 4.69) is 0 Å². The van der Waals surface area contributed by atoms with Crippen LogP contribution < -0.4 is 15.9 Å². The molecule has 3 rings (SSSR count). The topological polar surface area (TPSA) is 53.2 Å². The number of para-hydroxylation sites is 2. The lowest BCUT2D eigenvalue weighted by molar-refractivity contribution is 0.272. The fraction of sp³-hybridized carbons (Fsp3) is 0.412. The molecule has 0 aliphatic heterocycles. The summed E-state index contributed by atoms with van der Waals surface area (Å²) in [5, 5.41) is 0. The molecule has 22 heavy (non-hydrogen) atoms. The predicted molar refractivity (Wildman–Crippen MR) is 84.8 cm³/mol. The normalized spacial score (nSPS) is 14.6. The van der Waals surface area contributed by atoms with E-state index in [1.165, 1.54) is 15.6 Å². The van der Waals surface area contributed by atoms with Gasteiger partial charge in [0.2, 0.25) is 0 Å². The van der Waals surface area contributed by atoms with Crippen LogP contribution >= 0.6 is 0 Å². The van der Waals surface area contributed by atoms with Gasteiger partial charge in [-0.15, -0.1) is 0 Å². The standard InChI is InChI=1S/C17H20N2O3/c1-2-22-15-9-4-3-8-14(15)19-11-10-18(16(20)17(19)21)12-13-6-5-7-13/h3-4,8-11,13H,2,5-7,12H2,1H3. The van der Waals surface area contributed by atoms with Gasteiger partial charge in [-0.25, -0.2) is 0 Å². The summed E-state index contributed by atoms with van der Waals surface area (Å²) in [6.07, 6.45) is 6.86. The SMILES string of the molecule is CCOc1ccccc1-n1ccn(CC2CCC2)c(=O)c1=O. The van der Waals surface area contributed by atoms with Gasteiger partial charge in [0.1, 0.15) is 5.75 Å². The first-order valence-corrected chi connectivity index (χ1v) is 7.75. The first-order valence-electron chi connectivity index (χ1n) is 7.75. The van der Waals surface area contributed by atoms with Crippen molar-refractivity contribution in [3.05, 3.63) is 57.4 Å². The molecule has 1 saturated carbocycles. The van der Waals surface area contributed by atoms with E-state index in [1.807, 2.05) is 19.1 Å². The molecule has 0 atom stereocenters. The van der Waals surface area contributed by atoms with Gasteiger partial charge >= 0.3 is 11.1 Å². The highest BCUT2D eigenvalue weighted by molar-refractivity contribution is 5.46. The van der Waals surface area contributed by atoms with Crippen molar-refractivity contribution in [1.82, 2.24) is 9.13 Å². The van der Waals surface area contributed by atoms with Crippen molar-refractivity contribution in [3.63, 3.8) is 0 Å². The Labute approximate surface area is 128 Å². The summed E-state index contributed by atoms with van der Waals surface area (Å²) in [5.74, 6) is 1.13. The molecule has 0 N–H and O–H groups in total. The fourth-order valence-corrected chi connectivity index (χ4v) is 2.73. The van der Waals surface area contributed by atoms with Crippen LogP contribution in [0.1, 0.15) is 26.2 Å². The van der Waals surface area contributed by atoms with E-state index in [0.29, 0.717) is 30.5 Å². The highest BCUT2D eigenvalue weighted by Gasteiger charge is 2.19. The molecule has 0 spiro atoms. The summed E-state index contributed by atoms with van der Waals surface area (Å²) in [6, 6.07) is 7.24. The predicted octanol–water partition coefficient (Wildman–Crippen LogP) is 2.20. The third-order valence-electron chi connectivity index (χ3n) is 4.16. The number of nitrogens with zero attached hydrogens (tertiary/aromatic N) is 2. The molecule has 1 aromatic carbocycles. The molecule has 5 nitrogen and oxygen atoms in total. The minimum atomic E-state index is -0.533. The lowest BCUT2D eigenvalue weighted by atomic mass is 9.85. The Morgan fingerprint density at radius 1 is 1.14 bits per heavy atom. The van der Waals surface area contributed by atoms with Crippen LogP contribution in [0.5, 0.6) is 5.75 Å². The Morgan fingerprint density at radius 2 is 1.91 bits per heavy atom. The van der Waals surface area contributed by atoms with Crippen LogP contribution in [0.4, 0.5) is 0 Å².